The van der Waals surface area contributed by atoms with Crippen molar-refractivity contribution < 1.29 is 5.11 Å². The summed E-state index contributed by atoms with van der Waals surface area (Å²) in [6, 6.07) is 7.37. The van der Waals surface area contributed by atoms with Gasteiger partial charge in [-0.05, 0) is 38.3 Å². The summed E-state index contributed by atoms with van der Waals surface area (Å²) in [5.41, 5.74) is 0.559. The third-order valence-corrected chi connectivity index (χ3v) is 3.73. The Morgan fingerprint density at radius 1 is 1.32 bits per heavy atom. The number of benzene rings is 1. The Kier molecular flexibility index (Phi) is 3.44. The number of hydrogen-bond donors (Lipinski definition) is 2. The molecule has 0 saturated heterocycles. The second-order valence-electron chi connectivity index (χ2n) is 5.53. The van der Waals surface area contributed by atoms with E-state index in [2.05, 4.69) is 9.98 Å². The highest BCUT2D eigenvalue weighted by Gasteiger charge is 2.23. The molecule has 1 fully saturated rings. The topological polar surface area (TPSA) is 87.4 Å². The van der Waals surface area contributed by atoms with Gasteiger partial charge in [-0.15, -0.1) is 0 Å². The van der Waals surface area contributed by atoms with Gasteiger partial charge in [-0.25, -0.2) is 9.36 Å². The van der Waals surface area contributed by atoms with Crippen molar-refractivity contribution in [3.63, 3.8) is 0 Å². The molecule has 0 radical (unpaired) electrons. The van der Waals surface area contributed by atoms with Crippen molar-refractivity contribution in [3.8, 4) is 11.6 Å². The molecule has 6 nitrogen and oxygen atoms in total. The fourth-order valence-electron chi connectivity index (χ4n) is 2.43. The first-order valence-corrected chi connectivity index (χ1v) is 7.18. The second-order valence-corrected chi connectivity index (χ2v) is 5.53. The lowest BCUT2D eigenvalue weighted by molar-refractivity contribution is 0.429. The first-order valence-electron chi connectivity index (χ1n) is 7.18. The predicted molar refractivity (Wildman–Crippen MR) is 84.3 cm³/mol. The summed E-state index contributed by atoms with van der Waals surface area (Å²) in [5, 5.41) is 10.5. The Morgan fingerprint density at radius 2 is 2.00 bits per heavy atom. The molecule has 3 rings (SSSR count). The van der Waals surface area contributed by atoms with Crippen molar-refractivity contribution in [2.24, 2.45) is 4.99 Å². The molecule has 6 heteroatoms. The molecule has 0 aliphatic heterocycles. The molecular formula is C16H17N3O3. The van der Waals surface area contributed by atoms with Crippen LogP contribution in [0.1, 0.15) is 30.9 Å². The number of para-hydroxylation sites is 1. The van der Waals surface area contributed by atoms with Gasteiger partial charge in [-0.2, -0.15) is 0 Å². The molecule has 114 valence electrons. The molecule has 1 aromatic heterocycles. The highest BCUT2D eigenvalue weighted by atomic mass is 16.3. The molecular weight excluding hydrogens is 282 g/mol. The summed E-state index contributed by atoms with van der Waals surface area (Å²) in [7, 11) is 0. The average molecular weight is 299 g/mol. The Balaban J connectivity index is 2.26. The van der Waals surface area contributed by atoms with Gasteiger partial charge in [0.1, 0.15) is 5.56 Å². The monoisotopic (exact) mass is 299 g/mol. The van der Waals surface area contributed by atoms with Gasteiger partial charge in [-0.3, -0.25) is 14.8 Å². The van der Waals surface area contributed by atoms with E-state index >= 15 is 0 Å². The van der Waals surface area contributed by atoms with Crippen LogP contribution in [0.3, 0.4) is 0 Å². The zero-order valence-electron chi connectivity index (χ0n) is 12.5. The Hall–Kier alpha value is -2.63. The van der Waals surface area contributed by atoms with Gasteiger partial charge in [0.05, 0.1) is 17.4 Å². The van der Waals surface area contributed by atoms with Crippen LogP contribution in [0.2, 0.25) is 0 Å². The van der Waals surface area contributed by atoms with E-state index in [0.717, 1.165) is 23.0 Å². The molecule has 2 aromatic rings. The summed E-state index contributed by atoms with van der Waals surface area (Å²) in [5.74, 6) is -0.370. The Morgan fingerprint density at radius 3 is 2.64 bits per heavy atom. The third-order valence-electron chi connectivity index (χ3n) is 3.73. The molecule has 2 N–H and O–H groups in total. The number of aliphatic imine (C=N–C) groups is 1. The lowest BCUT2D eigenvalue weighted by Gasteiger charge is -2.13. The summed E-state index contributed by atoms with van der Waals surface area (Å²) in [6.07, 6.45) is 1.99. The second kappa shape index (κ2) is 5.29. The molecule has 1 aliphatic rings. The summed E-state index contributed by atoms with van der Waals surface area (Å²) < 4.78 is 1.11. The Labute approximate surface area is 126 Å². The lowest BCUT2D eigenvalue weighted by Crippen LogP contribution is -2.33. The van der Waals surface area contributed by atoms with E-state index in [-0.39, 0.29) is 17.5 Å². The van der Waals surface area contributed by atoms with Crippen LogP contribution < -0.4 is 11.2 Å². The minimum atomic E-state index is -0.667. The van der Waals surface area contributed by atoms with Gasteiger partial charge in [0.25, 0.3) is 5.56 Å². The van der Waals surface area contributed by atoms with Crippen molar-refractivity contribution in [1.29, 1.82) is 0 Å². The van der Waals surface area contributed by atoms with Gasteiger partial charge in [-0.1, -0.05) is 18.2 Å². The lowest BCUT2D eigenvalue weighted by atomic mass is 10.1. The fourth-order valence-corrected chi connectivity index (χ4v) is 2.43. The van der Waals surface area contributed by atoms with Gasteiger partial charge in [0.15, 0.2) is 0 Å². The maximum Gasteiger partial charge on any atom is 0.335 e. The number of aryl methyl sites for hydroxylation is 1. The number of rotatable bonds is 3. The number of nitrogens with zero attached hydrogens (tertiary/aromatic N) is 2. The van der Waals surface area contributed by atoms with Gasteiger partial charge in [0, 0.05) is 0 Å². The van der Waals surface area contributed by atoms with E-state index in [1.54, 1.807) is 19.1 Å². The van der Waals surface area contributed by atoms with E-state index in [9.17, 15) is 14.7 Å². The molecule has 1 heterocycles. The minimum absolute atomic E-state index is 0.0507. The molecule has 1 aliphatic carbocycles. The van der Waals surface area contributed by atoms with Crippen LogP contribution in [0, 0.1) is 6.92 Å². The highest BCUT2D eigenvalue weighted by molar-refractivity contribution is 6.00. The number of nitrogens with one attached hydrogen (secondary N) is 1. The summed E-state index contributed by atoms with van der Waals surface area (Å²) >= 11 is 0. The quantitative estimate of drug-likeness (QED) is 0.842. The molecule has 1 aromatic carbocycles. The standard InChI is InChI=1S/C16H17N3O3/c1-9-5-3-4-6-12(9)19-15(21)13(14(20)18-16(19)22)10(2)17-11-7-8-11/h3-6,11,21H,7-8H2,1-2H3,(H,18,20,22). The molecule has 0 spiro atoms. The number of aromatic nitrogens is 2. The number of H-pyrrole nitrogens is 1. The smallest absolute Gasteiger partial charge is 0.335 e. The highest BCUT2D eigenvalue weighted by Crippen LogP contribution is 2.25. The molecule has 0 amide bonds. The Bertz CT molecular complexity index is 873. The first-order chi connectivity index (χ1) is 10.5. The van der Waals surface area contributed by atoms with Gasteiger partial charge < -0.3 is 5.11 Å². The SMILES string of the molecule is CC(=NC1CC1)c1c(O)n(-c2ccccc2C)c(=O)[nH]c1=O. The van der Waals surface area contributed by atoms with Crippen molar-refractivity contribution in [2.45, 2.75) is 32.7 Å². The summed E-state index contributed by atoms with van der Waals surface area (Å²) in [6.45, 7) is 3.51. The maximum absolute atomic E-state index is 12.1. The van der Waals surface area contributed by atoms with Crippen LogP contribution in [0.5, 0.6) is 5.88 Å². The number of aromatic amines is 1. The van der Waals surface area contributed by atoms with Gasteiger partial charge >= 0.3 is 5.69 Å². The van der Waals surface area contributed by atoms with E-state index < -0.39 is 11.2 Å². The predicted octanol–water partition coefficient (Wildman–Crippen LogP) is 1.51. The van der Waals surface area contributed by atoms with Crippen molar-refractivity contribution in [2.75, 3.05) is 0 Å². The van der Waals surface area contributed by atoms with Crippen LogP contribution in [-0.2, 0) is 0 Å². The van der Waals surface area contributed by atoms with E-state index in [4.69, 9.17) is 0 Å². The normalized spacial score (nSPS) is 15.1. The average Bonchev–Trinajstić information content (AvgIpc) is 3.24. The zero-order chi connectivity index (χ0) is 15.9. The van der Waals surface area contributed by atoms with Crippen molar-refractivity contribution in [1.82, 2.24) is 9.55 Å². The van der Waals surface area contributed by atoms with E-state index in [1.807, 2.05) is 19.1 Å². The van der Waals surface area contributed by atoms with Crippen LogP contribution in [0.25, 0.3) is 5.69 Å². The largest absolute Gasteiger partial charge is 0.493 e. The van der Waals surface area contributed by atoms with Crippen LogP contribution in [0.4, 0.5) is 0 Å². The molecule has 1 saturated carbocycles. The molecule has 0 atom stereocenters. The van der Waals surface area contributed by atoms with Crippen molar-refractivity contribution in [3.05, 3.63) is 56.2 Å². The van der Waals surface area contributed by atoms with E-state index in [1.165, 1.54) is 0 Å². The van der Waals surface area contributed by atoms with Crippen LogP contribution >= 0.6 is 0 Å². The first kappa shape index (κ1) is 14.3. The molecule has 0 unspecified atom stereocenters. The van der Waals surface area contributed by atoms with E-state index in [0.29, 0.717) is 11.4 Å². The van der Waals surface area contributed by atoms with Gasteiger partial charge in [0.2, 0.25) is 5.88 Å². The third kappa shape index (κ3) is 2.47. The molecule has 22 heavy (non-hydrogen) atoms. The number of hydrogen-bond acceptors (Lipinski definition) is 4. The zero-order valence-corrected chi connectivity index (χ0v) is 12.5. The fraction of sp³-hybridized carbons (Fsp3) is 0.312. The number of aromatic hydroxyl groups is 1. The van der Waals surface area contributed by atoms with Crippen LogP contribution in [-0.4, -0.2) is 26.4 Å². The minimum Gasteiger partial charge on any atom is -0.493 e. The summed E-state index contributed by atoms with van der Waals surface area (Å²) in [4.78, 5) is 30.8. The molecule has 0 bridgehead atoms. The van der Waals surface area contributed by atoms with Crippen molar-refractivity contribution >= 4 is 5.71 Å². The van der Waals surface area contributed by atoms with Crippen LogP contribution in [0.15, 0.2) is 38.8 Å². The maximum atomic E-state index is 12.1.